The average Bonchev–Trinajstić information content (AvgIpc) is 2.07. The minimum atomic E-state index is 0.794. The van der Waals surface area contributed by atoms with Gasteiger partial charge in [0.2, 0.25) is 0 Å². The van der Waals surface area contributed by atoms with Crippen molar-refractivity contribution in [2.24, 2.45) is 10.2 Å². The lowest BCUT2D eigenvalue weighted by atomic mass is 10.4. The van der Waals surface area contributed by atoms with Gasteiger partial charge in [-0.2, -0.15) is 10.2 Å². The van der Waals surface area contributed by atoms with Crippen LogP contribution >= 0.6 is 11.6 Å². The second-order valence-electron chi connectivity index (χ2n) is 1.58. The predicted octanol–water partition coefficient (Wildman–Crippen LogP) is 2.64. The van der Waals surface area contributed by atoms with Crippen molar-refractivity contribution < 1.29 is 0 Å². The first-order valence-corrected chi connectivity index (χ1v) is 3.31. The van der Waals surface area contributed by atoms with Gasteiger partial charge in [-0.1, -0.05) is 29.8 Å². The van der Waals surface area contributed by atoms with Crippen molar-refractivity contribution >= 4 is 25.0 Å². The van der Waals surface area contributed by atoms with Crippen molar-refractivity contribution in [2.45, 2.75) is 0 Å². The fraction of sp³-hybridized carbons (Fsp3) is 0. The van der Waals surface area contributed by atoms with Crippen molar-refractivity contribution in [2.75, 3.05) is 0 Å². The highest BCUT2D eigenvalue weighted by Crippen LogP contribution is 2.03. The van der Waals surface area contributed by atoms with Crippen molar-refractivity contribution in [3.05, 3.63) is 35.4 Å². The Kier molecular flexibility index (Phi) is 6.24. The van der Waals surface area contributed by atoms with Gasteiger partial charge in [0.1, 0.15) is 0 Å². The van der Waals surface area contributed by atoms with Gasteiger partial charge in [0.05, 0.1) is 0 Å². The van der Waals surface area contributed by atoms with Gasteiger partial charge in [0, 0.05) is 18.5 Å². The number of hydrogen-bond acceptors (Lipinski definition) is 2. The van der Waals surface area contributed by atoms with Gasteiger partial charge in [-0.05, 0) is 12.1 Å². The molecule has 0 spiro atoms. The molecule has 1 aromatic rings. The molecule has 0 bridgehead atoms. The molecular formula is C8H9ClN2. The number of hydrogen-bond donors (Lipinski definition) is 0. The zero-order valence-corrected chi connectivity index (χ0v) is 6.83. The number of halogens is 1. The summed E-state index contributed by atoms with van der Waals surface area (Å²) < 4.78 is 0. The van der Waals surface area contributed by atoms with Gasteiger partial charge in [0.25, 0.3) is 0 Å². The summed E-state index contributed by atoms with van der Waals surface area (Å²) in [5.41, 5.74) is 0. The molecule has 3 heteroatoms. The minimum absolute atomic E-state index is 0.794. The molecule has 0 saturated heterocycles. The van der Waals surface area contributed by atoms with Crippen LogP contribution in [0.15, 0.2) is 40.5 Å². The molecule has 0 aliphatic carbocycles. The first kappa shape index (κ1) is 9.85. The molecule has 0 aliphatic rings. The van der Waals surface area contributed by atoms with Gasteiger partial charge in [-0.3, -0.25) is 0 Å². The van der Waals surface area contributed by atoms with Gasteiger partial charge in [-0.25, -0.2) is 0 Å². The maximum absolute atomic E-state index is 5.54. The Labute approximate surface area is 71.2 Å². The summed E-state index contributed by atoms with van der Waals surface area (Å²) in [6, 6.07) is 9.44. The lowest BCUT2D eigenvalue weighted by Crippen LogP contribution is -1.55. The van der Waals surface area contributed by atoms with Crippen LogP contribution in [0.3, 0.4) is 0 Å². The molecule has 0 fully saturated rings. The van der Waals surface area contributed by atoms with Crippen molar-refractivity contribution in [1.82, 2.24) is 0 Å². The molecule has 0 unspecified atom stereocenters. The molecule has 1 aromatic carbocycles. The van der Waals surface area contributed by atoms with E-state index in [1.165, 1.54) is 0 Å². The maximum atomic E-state index is 5.54. The van der Waals surface area contributed by atoms with Crippen molar-refractivity contribution in [3.8, 4) is 0 Å². The van der Waals surface area contributed by atoms with E-state index in [1.807, 2.05) is 30.3 Å². The molecule has 0 aromatic heterocycles. The molecule has 11 heavy (non-hydrogen) atoms. The van der Waals surface area contributed by atoms with Crippen LogP contribution in [0.5, 0.6) is 0 Å². The Hall–Kier alpha value is -1.15. The van der Waals surface area contributed by atoms with E-state index in [0.717, 1.165) is 5.02 Å². The third kappa shape index (κ3) is 6.74. The van der Waals surface area contributed by atoms with Crippen LogP contribution in [-0.2, 0) is 0 Å². The summed E-state index contributed by atoms with van der Waals surface area (Å²) in [6.07, 6.45) is 0. The SMILES string of the molecule is C=NN=C.Clc1ccccc1. The highest BCUT2D eigenvalue weighted by Gasteiger charge is 1.74. The normalized spacial score (nSPS) is 7.36. The van der Waals surface area contributed by atoms with Gasteiger partial charge >= 0.3 is 0 Å². The molecule has 0 atom stereocenters. The topological polar surface area (TPSA) is 24.7 Å². The van der Waals surface area contributed by atoms with Crippen LogP contribution in [0, 0.1) is 0 Å². The van der Waals surface area contributed by atoms with Crippen LogP contribution in [0.2, 0.25) is 5.02 Å². The Morgan fingerprint density at radius 2 is 1.45 bits per heavy atom. The summed E-state index contributed by atoms with van der Waals surface area (Å²) in [6.45, 7) is 6.00. The molecule has 0 N–H and O–H groups in total. The molecule has 0 radical (unpaired) electrons. The first-order chi connectivity index (χ1) is 5.31. The maximum Gasteiger partial charge on any atom is 0.0405 e. The number of rotatable bonds is 1. The summed E-state index contributed by atoms with van der Waals surface area (Å²) in [4.78, 5) is 0. The summed E-state index contributed by atoms with van der Waals surface area (Å²) in [5, 5.41) is 6.79. The van der Waals surface area contributed by atoms with Gasteiger partial charge in [0.15, 0.2) is 0 Å². The monoisotopic (exact) mass is 168 g/mol. The first-order valence-electron chi connectivity index (χ1n) is 2.93. The zero-order chi connectivity index (χ0) is 8.53. The Balaban J connectivity index is 0.000000218. The van der Waals surface area contributed by atoms with E-state index in [4.69, 9.17) is 11.6 Å². The van der Waals surface area contributed by atoms with E-state index >= 15 is 0 Å². The van der Waals surface area contributed by atoms with Crippen molar-refractivity contribution in [3.63, 3.8) is 0 Å². The van der Waals surface area contributed by atoms with Crippen LogP contribution in [0.4, 0.5) is 0 Å². The summed E-state index contributed by atoms with van der Waals surface area (Å²) >= 11 is 5.54. The van der Waals surface area contributed by atoms with Crippen LogP contribution in [0.25, 0.3) is 0 Å². The fourth-order valence-electron chi connectivity index (χ4n) is 0.415. The number of benzene rings is 1. The Bertz CT molecular complexity index is 203. The molecule has 2 nitrogen and oxygen atoms in total. The largest absolute Gasteiger partial charge is 0.168 e. The van der Waals surface area contributed by atoms with E-state index in [0.29, 0.717) is 0 Å². The average molecular weight is 169 g/mol. The zero-order valence-electron chi connectivity index (χ0n) is 6.07. The Morgan fingerprint density at radius 3 is 1.64 bits per heavy atom. The van der Waals surface area contributed by atoms with E-state index < -0.39 is 0 Å². The minimum Gasteiger partial charge on any atom is -0.168 e. The van der Waals surface area contributed by atoms with E-state index in [2.05, 4.69) is 23.6 Å². The summed E-state index contributed by atoms with van der Waals surface area (Å²) in [7, 11) is 0. The van der Waals surface area contributed by atoms with Gasteiger partial charge in [-0.15, -0.1) is 0 Å². The van der Waals surface area contributed by atoms with Crippen LogP contribution in [-0.4, -0.2) is 13.4 Å². The Morgan fingerprint density at radius 1 is 1.00 bits per heavy atom. The van der Waals surface area contributed by atoms with Crippen LogP contribution in [0.1, 0.15) is 0 Å². The highest BCUT2D eigenvalue weighted by molar-refractivity contribution is 6.30. The molecule has 1 rings (SSSR count). The molecule has 0 amide bonds. The van der Waals surface area contributed by atoms with Crippen molar-refractivity contribution in [1.29, 1.82) is 0 Å². The molecule has 0 saturated carbocycles. The highest BCUT2D eigenvalue weighted by atomic mass is 35.5. The molecular weight excluding hydrogens is 160 g/mol. The quantitative estimate of drug-likeness (QED) is 0.455. The fourth-order valence-corrected chi connectivity index (χ4v) is 0.560. The predicted molar refractivity (Wildman–Crippen MR) is 50.6 cm³/mol. The number of nitrogens with zero attached hydrogens (tertiary/aromatic N) is 2. The second kappa shape index (κ2) is 6.96. The van der Waals surface area contributed by atoms with E-state index in [9.17, 15) is 0 Å². The third-order valence-electron chi connectivity index (χ3n) is 0.833. The summed E-state index contributed by atoms with van der Waals surface area (Å²) in [5.74, 6) is 0. The second-order valence-corrected chi connectivity index (χ2v) is 2.01. The lowest BCUT2D eigenvalue weighted by Gasteiger charge is -1.80. The standard InChI is InChI=1S/C6H5Cl.C2H4N2/c7-6-4-2-1-3-5-6;1-3-4-2/h1-5H;1-2H2. The molecule has 0 heterocycles. The molecule has 58 valence electrons. The van der Waals surface area contributed by atoms with E-state index in [-0.39, 0.29) is 0 Å². The lowest BCUT2D eigenvalue weighted by molar-refractivity contribution is 1.29. The van der Waals surface area contributed by atoms with Gasteiger partial charge < -0.3 is 0 Å². The van der Waals surface area contributed by atoms with E-state index in [1.54, 1.807) is 0 Å². The van der Waals surface area contributed by atoms with Crippen LogP contribution < -0.4 is 0 Å². The smallest absolute Gasteiger partial charge is 0.0405 e. The third-order valence-corrected chi connectivity index (χ3v) is 1.09. The molecule has 0 aliphatic heterocycles.